The number of hydrogen-bond donors (Lipinski definition) is 2. The van der Waals surface area contributed by atoms with Gasteiger partial charge in [-0.1, -0.05) is 0 Å². The maximum absolute atomic E-state index is 6.08. The molecule has 0 bridgehead atoms. The molecule has 0 aliphatic carbocycles. The summed E-state index contributed by atoms with van der Waals surface area (Å²) in [6, 6.07) is 1.83. The van der Waals surface area contributed by atoms with Crippen molar-refractivity contribution in [1.82, 2.24) is 14.9 Å². The smallest absolute Gasteiger partial charge is 0.145 e. The fourth-order valence-corrected chi connectivity index (χ4v) is 3.03. The van der Waals surface area contributed by atoms with Crippen molar-refractivity contribution in [3.63, 3.8) is 0 Å². The van der Waals surface area contributed by atoms with Crippen LogP contribution in [0.4, 0.5) is 5.82 Å². The monoisotopic (exact) mass is 279 g/mol. The highest BCUT2D eigenvalue weighted by Gasteiger charge is 2.38. The van der Waals surface area contributed by atoms with Gasteiger partial charge < -0.3 is 10.2 Å². The molecule has 20 heavy (non-hydrogen) atoms. The molecule has 1 fully saturated rings. The summed E-state index contributed by atoms with van der Waals surface area (Å²) in [7, 11) is 0. The molecule has 1 aromatic rings. The summed E-state index contributed by atoms with van der Waals surface area (Å²) in [5.41, 5.74) is 3.16. The van der Waals surface area contributed by atoms with Crippen LogP contribution in [0.15, 0.2) is 6.07 Å². The number of aromatic nitrogens is 2. The minimum absolute atomic E-state index is 0.166. The first-order valence-corrected chi connectivity index (χ1v) is 6.93. The summed E-state index contributed by atoms with van der Waals surface area (Å²) < 4.78 is 6.08. The summed E-state index contributed by atoms with van der Waals surface area (Å²) in [6.07, 6.45) is 0. The van der Waals surface area contributed by atoms with E-state index in [2.05, 4.69) is 48.0 Å². The van der Waals surface area contributed by atoms with Crippen LogP contribution in [0.5, 0.6) is 0 Å². The number of nitrogen functional groups attached to an aromatic ring is 1. The van der Waals surface area contributed by atoms with Crippen LogP contribution < -0.4 is 11.3 Å². The Morgan fingerprint density at radius 2 is 1.85 bits per heavy atom. The van der Waals surface area contributed by atoms with Gasteiger partial charge in [0, 0.05) is 24.8 Å². The minimum Gasteiger partial charge on any atom is -0.367 e. The van der Waals surface area contributed by atoms with Crippen molar-refractivity contribution in [3.8, 4) is 0 Å². The highest BCUT2D eigenvalue weighted by atomic mass is 16.5. The van der Waals surface area contributed by atoms with Crippen molar-refractivity contribution >= 4 is 5.82 Å². The molecule has 1 saturated heterocycles. The maximum atomic E-state index is 6.08. The van der Waals surface area contributed by atoms with Gasteiger partial charge in [0.2, 0.25) is 0 Å². The highest BCUT2D eigenvalue weighted by Crippen LogP contribution is 2.28. The second-order valence-corrected chi connectivity index (χ2v) is 6.72. The quantitative estimate of drug-likeness (QED) is 0.644. The van der Waals surface area contributed by atoms with Crippen molar-refractivity contribution < 1.29 is 4.74 Å². The zero-order valence-corrected chi connectivity index (χ0v) is 13.0. The molecule has 3 N–H and O–H groups in total. The number of nitrogens with zero attached hydrogens (tertiary/aromatic N) is 3. The summed E-state index contributed by atoms with van der Waals surface area (Å²) in [5, 5.41) is 0. The van der Waals surface area contributed by atoms with Gasteiger partial charge in [-0.2, -0.15) is 0 Å². The average Bonchev–Trinajstić information content (AvgIpc) is 2.23. The molecule has 0 unspecified atom stereocenters. The van der Waals surface area contributed by atoms with Gasteiger partial charge in [-0.05, 0) is 34.6 Å². The number of ether oxygens (including phenoxy) is 1. The number of anilines is 1. The molecule has 6 nitrogen and oxygen atoms in total. The predicted octanol–water partition coefficient (Wildman–Crippen LogP) is 1.46. The summed E-state index contributed by atoms with van der Waals surface area (Å²) >= 11 is 0. The lowest BCUT2D eigenvalue weighted by atomic mass is 9.99. The lowest BCUT2D eigenvalue weighted by Gasteiger charge is -2.47. The predicted molar refractivity (Wildman–Crippen MR) is 79.1 cm³/mol. The summed E-state index contributed by atoms with van der Waals surface area (Å²) in [5.74, 6) is 6.87. The zero-order valence-electron chi connectivity index (χ0n) is 13.0. The van der Waals surface area contributed by atoms with Crippen molar-refractivity contribution in [2.75, 3.05) is 18.5 Å². The third-order valence-corrected chi connectivity index (χ3v) is 3.17. The average molecular weight is 279 g/mol. The largest absolute Gasteiger partial charge is 0.367 e. The number of morpholine rings is 1. The Kier molecular flexibility index (Phi) is 4.00. The SMILES string of the molecule is Cc1cc(NN)nc(CN2CC(C)(C)OC(C)(C)C2)n1. The maximum Gasteiger partial charge on any atom is 0.145 e. The van der Waals surface area contributed by atoms with Crippen molar-refractivity contribution in [2.45, 2.75) is 52.4 Å². The molecule has 0 saturated carbocycles. The van der Waals surface area contributed by atoms with Crippen molar-refractivity contribution in [1.29, 1.82) is 0 Å². The Labute approximate surface area is 120 Å². The standard InChI is InChI=1S/C14H25N5O/c1-10-6-11(18-15)17-12(16-10)7-19-8-13(2,3)20-14(4,5)9-19/h6H,7-9,15H2,1-5H3,(H,16,17,18). The fourth-order valence-electron chi connectivity index (χ4n) is 3.03. The van der Waals surface area contributed by atoms with Crippen LogP contribution in [0, 0.1) is 6.92 Å². The van der Waals surface area contributed by atoms with E-state index in [9.17, 15) is 0 Å². The Balaban J connectivity index is 2.15. The van der Waals surface area contributed by atoms with Crippen LogP contribution in [-0.4, -0.2) is 39.2 Å². The molecule has 0 spiro atoms. The van der Waals surface area contributed by atoms with Gasteiger partial charge >= 0.3 is 0 Å². The van der Waals surface area contributed by atoms with Crippen LogP contribution in [0.25, 0.3) is 0 Å². The first-order valence-electron chi connectivity index (χ1n) is 6.93. The highest BCUT2D eigenvalue weighted by molar-refractivity contribution is 5.33. The normalized spacial score (nSPS) is 21.7. The molecule has 112 valence electrons. The van der Waals surface area contributed by atoms with Crippen LogP contribution in [0.2, 0.25) is 0 Å². The first kappa shape index (κ1) is 15.2. The minimum atomic E-state index is -0.166. The van der Waals surface area contributed by atoms with Crippen molar-refractivity contribution in [3.05, 3.63) is 17.6 Å². The molecule has 6 heteroatoms. The van der Waals surface area contributed by atoms with E-state index >= 15 is 0 Å². The van der Waals surface area contributed by atoms with E-state index in [1.807, 2.05) is 13.0 Å². The Hall–Kier alpha value is -1.24. The molecule has 2 heterocycles. The molecule has 1 aliphatic rings. The molecule has 1 aliphatic heterocycles. The molecule has 1 aromatic heterocycles. The number of nitrogens with two attached hydrogens (primary N) is 1. The van der Waals surface area contributed by atoms with Crippen LogP contribution in [0.1, 0.15) is 39.2 Å². The van der Waals surface area contributed by atoms with Gasteiger partial charge in [-0.3, -0.25) is 4.90 Å². The van der Waals surface area contributed by atoms with E-state index in [4.69, 9.17) is 10.6 Å². The van der Waals surface area contributed by atoms with Crippen LogP contribution in [0.3, 0.4) is 0 Å². The topological polar surface area (TPSA) is 76.3 Å². The number of nitrogens with one attached hydrogen (secondary N) is 1. The Bertz CT molecular complexity index is 470. The second kappa shape index (κ2) is 5.27. The van der Waals surface area contributed by atoms with E-state index in [1.165, 1.54) is 0 Å². The third-order valence-electron chi connectivity index (χ3n) is 3.17. The first-order chi connectivity index (χ1) is 9.19. The summed E-state index contributed by atoms with van der Waals surface area (Å²) in [6.45, 7) is 12.8. The summed E-state index contributed by atoms with van der Waals surface area (Å²) in [4.78, 5) is 11.2. The van der Waals surface area contributed by atoms with Gasteiger partial charge in [0.15, 0.2) is 0 Å². The second-order valence-electron chi connectivity index (χ2n) is 6.72. The van der Waals surface area contributed by atoms with Gasteiger partial charge in [-0.15, -0.1) is 0 Å². The van der Waals surface area contributed by atoms with E-state index in [-0.39, 0.29) is 11.2 Å². The van der Waals surface area contributed by atoms with Crippen LogP contribution in [-0.2, 0) is 11.3 Å². The molecular formula is C14H25N5O. The molecule has 2 rings (SSSR count). The zero-order chi connectivity index (χ0) is 15.0. The van der Waals surface area contributed by atoms with Gasteiger partial charge in [-0.25, -0.2) is 15.8 Å². The number of hydrogen-bond acceptors (Lipinski definition) is 6. The van der Waals surface area contributed by atoms with E-state index in [1.54, 1.807) is 0 Å². The van der Waals surface area contributed by atoms with Gasteiger partial charge in [0.1, 0.15) is 11.6 Å². The van der Waals surface area contributed by atoms with Gasteiger partial charge in [0.05, 0.1) is 17.7 Å². The Morgan fingerprint density at radius 3 is 2.40 bits per heavy atom. The van der Waals surface area contributed by atoms with E-state index in [0.29, 0.717) is 12.4 Å². The number of hydrazine groups is 1. The molecule has 0 atom stereocenters. The van der Waals surface area contributed by atoms with Gasteiger partial charge in [0.25, 0.3) is 0 Å². The van der Waals surface area contributed by atoms with Crippen LogP contribution >= 0.6 is 0 Å². The molecule has 0 radical (unpaired) electrons. The fraction of sp³-hybridized carbons (Fsp3) is 0.714. The molecule has 0 aromatic carbocycles. The van der Waals surface area contributed by atoms with E-state index in [0.717, 1.165) is 24.6 Å². The lowest BCUT2D eigenvalue weighted by molar-refractivity contribution is -0.182. The molecule has 0 amide bonds. The Morgan fingerprint density at radius 1 is 1.25 bits per heavy atom. The number of aryl methyl sites for hydroxylation is 1. The lowest BCUT2D eigenvalue weighted by Crippen LogP contribution is -2.56. The van der Waals surface area contributed by atoms with E-state index < -0.39 is 0 Å². The molecular weight excluding hydrogens is 254 g/mol. The third kappa shape index (κ3) is 3.88. The van der Waals surface area contributed by atoms with Crippen molar-refractivity contribution in [2.24, 2.45) is 5.84 Å². The number of rotatable bonds is 3.